The van der Waals surface area contributed by atoms with Gasteiger partial charge in [0, 0.05) is 13.1 Å². The Morgan fingerprint density at radius 3 is 2.65 bits per heavy atom. The molecule has 0 bridgehead atoms. The van der Waals surface area contributed by atoms with Crippen molar-refractivity contribution in [3.63, 3.8) is 0 Å². The van der Waals surface area contributed by atoms with Crippen LogP contribution >= 0.6 is 23.2 Å². The number of pyridine rings is 1. The minimum absolute atomic E-state index is 0.0467. The molecule has 0 aromatic carbocycles. The van der Waals surface area contributed by atoms with Crippen molar-refractivity contribution >= 4 is 35.1 Å². The van der Waals surface area contributed by atoms with Crippen LogP contribution in [0, 0.1) is 11.8 Å². The molecule has 2 heterocycles. The predicted octanol–water partition coefficient (Wildman–Crippen LogP) is 2.27. The van der Waals surface area contributed by atoms with Crippen molar-refractivity contribution < 1.29 is 14.3 Å². The van der Waals surface area contributed by atoms with Crippen LogP contribution in [0.1, 0.15) is 17.3 Å². The molecule has 2 atom stereocenters. The van der Waals surface area contributed by atoms with Crippen LogP contribution in [0.5, 0.6) is 0 Å². The fourth-order valence-electron chi connectivity index (χ4n) is 2.33. The second-order valence-electron chi connectivity index (χ2n) is 4.79. The molecule has 2 rings (SSSR count). The number of carbonyl (C=O) groups excluding carboxylic acids is 2. The van der Waals surface area contributed by atoms with Crippen LogP contribution in [0.15, 0.2) is 12.1 Å². The Hall–Kier alpha value is -1.33. The van der Waals surface area contributed by atoms with E-state index in [1.807, 2.05) is 6.92 Å². The summed E-state index contributed by atoms with van der Waals surface area (Å²) in [6.45, 7) is 2.72. The van der Waals surface area contributed by atoms with Crippen molar-refractivity contribution in [2.75, 3.05) is 20.2 Å². The molecule has 0 N–H and O–H groups in total. The van der Waals surface area contributed by atoms with Crippen molar-refractivity contribution in [1.29, 1.82) is 0 Å². The lowest BCUT2D eigenvalue weighted by molar-refractivity contribution is -0.146. The zero-order valence-corrected chi connectivity index (χ0v) is 12.6. The molecule has 108 valence electrons. The second-order valence-corrected chi connectivity index (χ2v) is 5.53. The molecule has 1 aliphatic heterocycles. The summed E-state index contributed by atoms with van der Waals surface area (Å²) in [4.78, 5) is 29.4. The van der Waals surface area contributed by atoms with E-state index in [1.54, 1.807) is 4.90 Å². The van der Waals surface area contributed by atoms with E-state index in [9.17, 15) is 9.59 Å². The SMILES string of the molecule is COC(=O)C1CN(C(=O)c2ccc(Cl)nc2Cl)CC1C. The van der Waals surface area contributed by atoms with Gasteiger partial charge in [0.05, 0.1) is 18.6 Å². The highest BCUT2D eigenvalue weighted by atomic mass is 35.5. The molecule has 0 spiro atoms. The van der Waals surface area contributed by atoms with Crippen LogP contribution < -0.4 is 0 Å². The van der Waals surface area contributed by atoms with E-state index in [1.165, 1.54) is 19.2 Å². The zero-order valence-electron chi connectivity index (χ0n) is 11.1. The first kappa shape index (κ1) is 15.1. The van der Waals surface area contributed by atoms with Crippen molar-refractivity contribution in [3.05, 3.63) is 28.0 Å². The maximum Gasteiger partial charge on any atom is 0.310 e. The number of ether oxygens (including phenoxy) is 1. The Morgan fingerprint density at radius 2 is 2.05 bits per heavy atom. The van der Waals surface area contributed by atoms with E-state index in [4.69, 9.17) is 27.9 Å². The van der Waals surface area contributed by atoms with E-state index in [0.29, 0.717) is 13.1 Å². The average Bonchev–Trinajstić information content (AvgIpc) is 2.79. The zero-order chi connectivity index (χ0) is 14.9. The van der Waals surface area contributed by atoms with Gasteiger partial charge in [-0.05, 0) is 18.1 Å². The highest BCUT2D eigenvalue weighted by molar-refractivity contribution is 6.34. The summed E-state index contributed by atoms with van der Waals surface area (Å²) in [6, 6.07) is 3.05. The van der Waals surface area contributed by atoms with Crippen LogP contribution in [0.3, 0.4) is 0 Å². The molecule has 1 saturated heterocycles. The maximum atomic E-state index is 12.4. The van der Waals surface area contributed by atoms with Crippen LogP contribution in [0.2, 0.25) is 10.3 Å². The number of likely N-dealkylation sites (tertiary alicyclic amines) is 1. The van der Waals surface area contributed by atoms with E-state index < -0.39 is 0 Å². The van der Waals surface area contributed by atoms with Gasteiger partial charge < -0.3 is 9.64 Å². The minimum atomic E-state index is -0.303. The molecule has 0 radical (unpaired) electrons. The maximum absolute atomic E-state index is 12.4. The Bertz CT molecular complexity index is 550. The van der Waals surface area contributed by atoms with Gasteiger partial charge >= 0.3 is 5.97 Å². The molecule has 7 heteroatoms. The van der Waals surface area contributed by atoms with Gasteiger partial charge in [0.2, 0.25) is 0 Å². The fraction of sp³-hybridized carbons (Fsp3) is 0.462. The van der Waals surface area contributed by atoms with Crippen molar-refractivity contribution in [3.8, 4) is 0 Å². The van der Waals surface area contributed by atoms with Crippen molar-refractivity contribution in [2.45, 2.75) is 6.92 Å². The topological polar surface area (TPSA) is 59.5 Å². The third-order valence-electron chi connectivity index (χ3n) is 3.45. The van der Waals surface area contributed by atoms with Gasteiger partial charge in [-0.15, -0.1) is 0 Å². The smallest absolute Gasteiger partial charge is 0.310 e. The van der Waals surface area contributed by atoms with Gasteiger partial charge in [0.1, 0.15) is 10.3 Å². The lowest BCUT2D eigenvalue weighted by Gasteiger charge is -2.16. The summed E-state index contributed by atoms with van der Waals surface area (Å²) in [7, 11) is 1.35. The lowest BCUT2D eigenvalue weighted by atomic mass is 9.99. The number of hydrogen-bond acceptors (Lipinski definition) is 4. The van der Waals surface area contributed by atoms with E-state index in [2.05, 4.69) is 4.98 Å². The van der Waals surface area contributed by atoms with Crippen LogP contribution in [0.4, 0.5) is 0 Å². The summed E-state index contributed by atoms with van der Waals surface area (Å²) in [6.07, 6.45) is 0. The van der Waals surface area contributed by atoms with Crippen LogP contribution in [-0.2, 0) is 9.53 Å². The summed E-state index contributed by atoms with van der Waals surface area (Å²) in [5, 5.41) is 0.297. The summed E-state index contributed by atoms with van der Waals surface area (Å²) < 4.78 is 4.75. The second kappa shape index (κ2) is 5.97. The Kier molecular flexibility index (Phi) is 4.50. The number of nitrogens with zero attached hydrogens (tertiary/aromatic N) is 2. The predicted molar refractivity (Wildman–Crippen MR) is 74.8 cm³/mol. The van der Waals surface area contributed by atoms with Crippen LogP contribution in [-0.4, -0.2) is 42.0 Å². The molecule has 1 fully saturated rings. The Morgan fingerprint density at radius 1 is 1.35 bits per heavy atom. The highest BCUT2D eigenvalue weighted by Crippen LogP contribution is 2.27. The number of amides is 1. The van der Waals surface area contributed by atoms with Crippen molar-refractivity contribution in [2.24, 2.45) is 11.8 Å². The molecule has 1 aromatic heterocycles. The largest absolute Gasteiger partial charge is 0.469 e. The number of halogens is 2. The fourth-order valence-corrected chi connectivity index (χ4v) is 2.76. The quantitative estimate of drug-likeness (QED) is 0.620. The monoisotopic (exact) mass is 316 g/mol. The van der Waals surface area contributed by atoms with Gasteiger partial charge in [0.25, 0.3) is 5.91 Å². The van der Waals surface area contributed by atoms with Crippen LogP contribution in [0.25, 0.3) is 0 Å². The molecule has 20 heavy (non-hydrogen) atoms. The molecule has 0 aliphatic carbocycles. The first-order valence-corrected chi connectivity index (χ1v) is 6.88. The highest BCUT2D eigenvalue weighted by Gasteiger charge is 2.38. The number of esters is 1. The summed E-state index contributed by atoms with van der Waals surface area (Å²) in [5.74, 6) is -0.807. The molecular weight excluding hydrogens is 303 g/mol. The molecule has 1 amide bonds. The number of rotatable bonds is 2. The molecule has 5 nitrogen and oxygen atoms in total. The number of aromatic nitrogens is 1. The van der Waals surface area contributed by atoms with Gasteiger partial charge in [-0.1, -0.05) is 30.1 Å². The number of hydrogen-bond donors (Lipinski definition) is 0. The third kappa shape index (κ3) is 2.88. The molecule has 1 aromatic rings. The average molecular weight is 317 g/mol. The van der Waals surface area contributed by atoms with Gasteiger partial charge in [-0.25, -0.2) is 4.98 Å². The molecule has 0 saturated carbocycles. The Balaban J connectivity index is 2.17. The number of carbonyl (C=O) groups is 2. The first-order valence-electron chi connectivity index (χ1n) is 6.13. The van der Waals surface area contributed by atoms with Gasteiger partial charge in [-0.2, -0.15) is 0 Å². The molecule has 2 unspecified atom stereocenters. The summed E-state index contributed by atoms with van der Waals surface area (Å²) in [5.41, 5.74) is 0.286. The molecule has 1 aliphatic rings. The van der Waals surface area contributed by atoms with E-state index in [-0.39, 0.29) is 39.6 Å². The van der Waals surface area contributed by atoms with Crippen molar-refractivity contribution in [1.82, 2.24) is 9.88 Å². The van der Waals surface area contributed by atoms with E-state index in [0.717, 1.165) is 0 Å². The lowest BCUT2D eigenvalue weighted by Crippen LogP contribution is -2.30. The van der Waals surface area contributed by atoms with Gasteiger partial charge in [0.15, 0.2) is 0 Å². The summed E-state index contributed by atoms with van der Waals surface area (Å²) >= 11 is 11.6. The third-order valence-corrected chi connectivity index (χ3v) is 3.95. The Labute approximate surface area is 126 Å². The standard InChI is InChI=1S/C13H14Cl2N2O3/c1-7-5-17(6-9(7)13(19)20-2)12(18)8-3-4-10(14)16-11(8)15/h3-4,7,9H,5-6H2,1-2H3. The first-order chi connectivity index (χ1) is 9.43. The van der Waals surface area contributed by atoms with E-state index >= 15 is 0 Å². The molecular formula is C13H14Cl2N2O3. The number of methoxy groups -OCH3 is 1. The van der Waals surface area contributed by atoms with Gasteiger partial charge in [-0.3, -0.25) is 9.59 Å². The minimum Gasteiger partial charge on any atom is -0.469 e. The normalized spacial score (nSPS) is 21.9.